The normalized spacial score (nSPS) is 14.0. The number of rotatable bonds is 4. The van der Waals surface area contributed by atoms with E-state index in [1.807, 2.05) is 6.92 Å². The van der Waals surface area contributed by atoms with Crippen molar-refractivity contribution in [1.82, 2.24) is 20.2 Å². The quantitative estimate of drug-likeness (QED) is 0.925. The van der Waals surface area contributed by atoms with E-state index in [1.54, 1.807) is 26.0 Å². The van der Waals surface area contributed by atoms with Crippen molar-refractivity contribution in [3.63, 3.8) is 0 Å². The van der Waals surface area contributed by atoms with Crippen molar-refractivity contribution in [2.75, 3.05) is 0 Å². The van der Waals surface area contributed by atoms with Crippen molar-refractivity contribution in [2.24, 2.45) is 5.92 Å². The second kappa shape index (κ2) is 5.36. The Kier molecular flexibility index (Phi) is 3.78. The van der Waals surface area contributed by atoms with Gasteiger partial charge in [-0.3, -0.25) is 4.79 Å². The number of carboxylic acids is 1. The molecule has 0 saturated carbocycles. The summed E-state index contributed by atoms with van der Waals surface area (Å²) < 4.78 is 15.3. The maximum Gasteiger partial charge on any atom is 0.308 e. The number of benzene rings is 1. The van der Waals surface area contributed by atoms with Gasteiger partial charge in [-0.15, -0.1) is 5.10 Å². The summed E-state index contributed by atoms with van der Waals surface area (Å²) in [6, 6.07) is 4.14. The van der Waals surface area contributed by atoms with Crippen LogP contribution in [0.25, 0.3) is 11.4 Å². The van der Waals surface area contributed by atoms with Gasteiger partial charge >= 0.3 is 5.97 Å². The fourth-order valence-electron chi connectivity index (χ4n) is 1.87. The van der Waals surface area contributed by atoms with Crippen molar-refractivity contribution < 1.29 is 14.3 Å². The van der Waals surface area contributed by atoms with Crippen molar-refractivity contribution in [1.29, 1.82) is 0 Å². The van der Waals surface area contributed by atoms with Crippen LogP contribution in [0.5, 0.6) is 0 Å². The van der Waals surface area contributed by atoms with Gasteiger partial charge in [-0.25, -0.2) is 9.07 Å². The van der Waals surface area contributed by atoms with E-state index in [0.717, 1.165) is 5.56 Å². The van der Waals surface area contributed by atoms with E-state index < -0.39 is 23.7 Å². The third-order valence-electron chi connectivity index (χ3n) is 3.35. The Balaban J connectivity index is 2.48. The molecule has 0 aliphatic carbocycles. The second-order valence-corrected chi connectivity index (χ2v) is 4.80. The Bertz CT molecular complexity index is 641. The smallest absolute Gasteiger partial charge is 0.308 e. The summed E-state index contributed by atoms with van der Waals surface area (Å²) in [6.45, 7) is 5.08. The summed E-state index contributed by atoms with van der Waals surface area (Å²) in [5.74, 6) is -1.86. The van der Waals surface area contributed by atoms with Gasteiger partial charge in [0.25, 0.3) is 0 Å². The summed E-state index contributed by atoms with van der Waals surface area (Å²) in [4.78, 5) is 11.0. The highest BCUT2D eigenvalue weighted by Gasteiger charge is 2.25. The number of hydrogen-bond donors (Lipinski definition) is 1. The summed E-state index contributed by atoms with van der Waals surface area (Å²) in [6.07, 6.45) is 0. The molecule has 106 valence electrons. The van der Waals surface area contributed by atoms with E-state index in [-0.39, 0.29) is 11.4 Å². The third kappa shape index (κ3) is 2.52. The number of aromatic nitrogens is 4. The van der Waals surface area contributed by atoms with Gasteiger partial charge in [-0.05, 0) is 43.3 Å². The SMILES string of the molecule is Cc1ccc(F)c(-c2nnnn2C(C)C(C)C(=O)O)c1. The van der Waals surface area contributed by atoms with Crippen LogP contribution < -0.4 is 0 Å². The van der Waals surface area contributed by atoms with E-state index in [4.69, 9.17) is 5.11 Å². The minimum Gasteiger partial charge on any atom is -0.481 e. The highest BCUT2D eigenvalue weighted by molar-refractivity contribution is 5.70. The first-order valence-corrected chi connectivity index (χ1v) is 6.19. The maximum absolute atomic E-state index is 13.9. The predicted octanol–water partition coefficient (Wildman–Crippen LogP) is 2.07. The molecule has 0 aliphatic rings. The highest BCUT2D eigenvalue weighted by Crippen LogP contribution is 2.26. The molecule has 2 atom stereocenters. The minimum absolute atomic E-state index is 0.229. The number of carbonyl (C=O) groups is 1. The highest BCUT2D eigenvalue weighted by atomic mass is 19.1. The molecule has 1 heterocycles. The van der Waals surface area contributed by atoms with Crippen LogP contribution in [0.4, 0.5) is 4.39 Å². The number of nitrogens with zero attached hydrogens (tertiary/aromatic N) is 4. The fourth-order valence-corrected chi connectivity index (χ4v) is 1.87. The van der Waals surface area contributed by atoms with Crippen molar-refractivity contribution in [2.45, 2.75) is 26.8 Å². The number of carboxylic acid groups (broad SMARTS) is 1. The average molecular weight is 278 g/mol. The Morgan fingerprint density at radius 3 is 2.75 bits per heavy atom. The monoisotopic (exact) mass is 278 g/mol. The standard InChI is InChI=1S/C13H15FN4O2/c1-7-4-5-11(14)10(6-7)12-15-16-17-18(12)9(3)8(2)13(19)20/h4-6,8-9H,1-3H3,(H,19,20). The first-order valence-electron chi connectivity index (χ1n) is 6.19. The molecule has 0 radical (unpaired) electrons. The van der Waals surface area contributed by atoms with Gasteiger partial charge in [0.05, 0.1) is 17.5 Å². The molecule has 0 spiro atoms. The van der Waals surface area contributed by atoms with Gasteiger partial charge in [-0.2, -0.15) is 0 Å². The molecule has 0 saturated heterocycles. The summed E-state index contributed by atoms with van der Waals surface area (Å²) in [5, 5.41) is 20.2. The second-order valence-electron chi connectivity index (χ2n) is 4.80. The molecule has 7 heteroatoms. The van der Waals surface area contributed by atoms with Crippen LogP contribution in [0, 0.1) is 18.7 Å². The van der Waals surface area contributed by atoms with Gasteiger partial charge < -0.3 is 5.11 Å². The molecular formula is C13H15FN4O2. The van der Waals surface area contributed by atoms with Gasteiger partial charge in [0.2, 0.25) is 0 Å². The molecule has 20 heavy (non-hydrogen) atoms. The van der Waals surface area contributed by atoms with Gasteiger partial charge in [0.15, 0.2) is 5.82 Å². The number of aryl methyl sites for hydroxylation is 1. The summed E-state index contributed by atoms with van der Waals surface area (Å²) in [5.41, 5.74) is 1.13. The lowest BCUT2D eigenvalue weighted by molar-refractivity contribution is -0.142. The molecule has 1 N–H and O–H groups in total. The zero-order valence-electron chi connectivity index (χ0n) is 11.4. The molecule has 0 bridgehead atoms. The average Bonchev–Trinajstić information content (AvgIpc) is 2.88. The molecule has 2 rings (SSSR count). The van der Waals surface area contributed by atoms with Crippen molar-refractivity contribution >= 4 is 5.97 Å². The summed E-state index contributed by atoms with van der Waals surface area (Å²) in [7, 11) is 0. The Morgan fingerprint density at radius 2 is 2.10 bits per heavy atom. The Morgan fingerprint density at radius 1 is 1.40 bits per heavy atom. The van der Waals surface area contributed by atoms with Crippen LogP contribution in [-0.2, 0) is 4.79 Å². The van der Waals surface area contributed by atoms with E-state index in [0.29, 0.717) is 0 Å². The Labute approximate surface area is 115 Å². The van der Waals surface area contributed by atoms with Crippen molar-refractivity contribution in [3.05, 3.63) is 29.6 Å². The van der Waals surface area contributed by atoms with Crippen molar-refractivity contribution in [3.8, 4) is 11.4 Å². The van der Waals surface area contributed by atoms with E-state index in [9.17, 15) is 9.18 Å². The molecule has 0 aliphatic heterocycles. The zero-order chi connectivity index (χ0) is 14.9. The molecule has 1 aromatic carbocycles. The van der Waals surface area contributed by atoms with Crippen LogP contribution in [-0.4, -0.2) is 31.3 Å². The molecule has 1 aromatic heterocycles. The summed E-state index contributed by atoms with van der Waals surface area (Å²) >= 11 is 0. The van der Waals surface area contributed by atoms with Gasteiger partial charge in [0, 0.05) is 0 Å². The molecule has 2 unspecified atom stereocenters. The van der Waals surface area contributed by atoms with E-state index in [1.165, 1.54) is 10.7 Å². The largest absolute Gasteiger partial charge is 0.481 e. The Hall–Kier alpha value is -2.31. The molecule has 0 fully saturated rings. The zero-order valence-corrected chi connectivity index (χ0v) is 11.4. The number of hydrogen-bond acceptors (Lipinski definition) is 4. The van der Waals surface area contributed by atoms with Crippen LogP contribution in [0.15, 0.2) is 18.2 Å². The van der Waals surface area contributed by atoms with Crippen LogP contribution in [0.3, 0.4) is 0 Å². The first-order chi connectivity index (χ1) is 9.41. The minimum atomic E-state index is -0.955. The third-order valence-corrected chi connectivity index (χ3v) is 3.35. The molecule has 6 nitrogen and oxygen atoms in total. The van der Waals surface area contributed by atoms with Gasteiger partial charge in [0.1, 0.15) is 5.82 Å². The number of tetrazole rings is 1. The number of halogens is 1. The molecule has 0 amide bonds. The fraction of sp³-hybridized carbons (Fsp3) is 0.385. The molecular weight excluding hydrogens is 263 g/mol. The van der Waals surface area contributed by atoms with Gasteiger partial charge in [-0.1, -0.05) is 11.6 Å². The topological polar surface area (TPSA) is 80.9 Å². The van der Waals surface area contributed by atoms with E-state index >= 15 is 0 Å². The van der Waals surface area contributed by atoms with Crippen LogP contribution in [0.1, 0.15) is 25.5 Å². The lowest BCUT2D eigenvalue weighted by Crippen LogP contribution is -2.23. The number of aliphatic carboxylic acids is 1. The van der Waals surface area contributed by atoms with E-state index in [2.05, 4.69) is 15.5 Å². The van der Waals surface area contributed by atoms with Crippen LogP contribution >= 0.6 is 0 Å². The lowest BCUT2D eigenvalue weighted by Gasteiger charge is -2.17. The lowest BCUT2D eigenvalue weighted by atomic mass is 10.0. The predicted molar refractivity (Wildman–Crippen MR) is 69.5 cm³/mol. The molecule has 2 aromatic rings. The van der Waals surface area contributed by atoms with Crippen LogP contribution in [0.2, 0.25) is 0 Å². The first kappa shape index (κ1) is 14.1. The maximum atomic E-state index is 13.9.